The normalized spacial score (nSPS) is 14.3. The van der Waals surface area contributed by atoms with Gasteiger partial charge in [0.25, 0.3) is 5.97 Å². The van der Waals surface area contributed by atoms with E-state index >= 15 is 0 Å². The maximum absolute atomic E-state index is 10.9. The van der Waals surface area contributed by atoms with Gasteiger partial charge in [-0.25, -0.2) is 0 Å². The highest BCUT2D eigenvalue weighted by atomic mass is 16.5. The molecule has 0 spiro atoms. The van der Waals surface area contributed by atoms with E-state index in [1.165, 1.54) is 89.2 Å². The largest absolute Gasteiger partial charge is 0.481 e. The summed E-state index contributed by atoms with van der Waals surface area (Å²) < 4.78 is 19.8. The summed E-state index contributed by atoms with van der Waals surface area (Å²) in [6, 6.07) is 19.4. The van der Waals surface area contributed by atoms with Crippen LogP contribution in [0.4, 0.5) is 0 Å². The van der Waals surface area contributed by atoms with Gasteiger partial charge in [-0.2, -0.15) is 0 Å². The van der Waals surface area contributed by atoms with Crippen molar-refractivity contribution in [2.75, 3.05) is 40.0 Å². The Kier molecular flexibility index (Phi) is 61.2. The zero-order valence-corrected chi connectivity index (χ0v) is 52.0. The number of aliphatic hydroxyl groups is 2. The molecule has 0 amide bonds. The fourth-order valence-corrected chi connectivity index (χ4v) is 4.85. The molecule has 2 aliphatic rings. The number of methoxy groups -OCH3 is 1. The number of Topliss-reactive ketones (excluding diaryl/α,β-unsaturated/α-hetero) is 8. The average Bonchev–Trinajstić information content (AvgIpc) is 4.12. The van der Waals surface area contributed by atoms with Crippen molar-refractivity contribution in [3.05, 3.63) is 71.8 Å². The van der Waals surface area contributed by atoms with Crippen LogP contribution in [0.2, 0.25) is 0 Å². The van der Waals surface area contributed by atoms with Crippen LogP contribution in [-0.4, -0.2) is 137 Å². The zero-order chi connectivity index (χ0) is 64.9. The van der Waals surface area contributed by atoms with Crippen molar-refractivity contribution in [2.24, 2.45) is 35.0 Å². The summed E-state index contributed by atoms with van der Waals surface area (Å²) in [5.74, 6) is 1.03. The molecule has 9 N–H and O–H groups in total. The first-order valence-electron chi connectivity index (χ1n) is 26.4. The van der Waals surface area contributed by atoms with Crippen LogP contribution >= 0.6 is 0 Å². The Morgan fingerprint density at radius 1 is 0.654 bits per heavy atom. The van der Waals surface area contributed by atoms with Crippen molar-refractivity contribution in [1.29, 1.82) is 0 Å². The lowest BCUT2D eigenvalue weighted by Gasteiger charge is -2.36. The van der Waals surface area contributed by atoms with Crippen LogP contribution in [-0.2, 0) is 84.9 Å². The number of esters is 2. The number of carbonyl (C=O) groups is 11. The van der Waals surface area contributed by atoms with Gasteiger partial charge in [-0.05, 0) is 137 Å². The second-order valence-electron chi connectivity index (χ2n) is 19.8. The summed E-state index contributed by atoms with van der Waals surface area (Å²) in [5, 5.41) is 24.1. The molecule has 2 fully saturated rings. The van der Waals surface area contributed by atoms with E-state index in [2.05, 4.69) is 25.5 Å². The van der Waals surface area contributed by atoms with Crippen molar-refractivity contribution >= 4 is 64.2 Å². The molecule has 4 rings (SSSR count). The monoisotopic (exact) mass is 1150 g/mol. The maximum atomic E-state index is 10.9. The molecule has 0 aromatic heterocycles. The number of benzene rings is 2. The van der Waals surface area contributed by atoms with Gasteiger partial charge in [0.05, 0.1) is 31.9 Å². The lowest BCUT2D eigenvalue weighted by atomic mass is 9.75. The molecular weight excluding hydrogens is 1050 g/mol. The molecule has 2 aromatic rings. The van der Waals surface area contributed by atoms with Crippen LogP contribution in [0, 0.1) is 17.8 Å². The molecule has 2 saturated carbocycles. The van der Waals surface area contributed by atoms with E-state index in [0.717, 1.165) is 30.4 Å². The zero-order valence-electron chi connectivity index (χ0n) is 52.0. The lowest BCUT2D eigenvalue weighted by molar-refractivity contribution is -0.142. The Morgan fingerprint density at radius 3 is 1.25 bits per heavy atom. The molecule has 0 bridgehead atoms. The number of ketones is 8. The molecule has 0 aliphatic heterocycles. The lowest BCUT2D eigenvalue weighted by Crippen LogP contribution is -2.39. The summed E-state index contributed by atoms with van der Waals surface area (Å²) >= 11 is 0. The first-order valence-corrected chi connectivity index (χ1v) is 26.4. The first-order chi connectivity index (χ1) is 37.2. The van der Waals surface area contributed by atoms with E-state index in [0.29, 0.717) is 63.6 Å². The van der Waals surface area contributed by atoms with Crippen LogP contribution in [0.25, 0.3) is 0 Å². The number of carbonyl (C=O) groups excluding carboxylic acids is 10. The molecule has 0 heterocycles. The highest BCUT2D eigenvalue weighted by molar-refractivity contribution is 5.87. The van der Waals surface area contributed by atoms with Gasteiger partial charge in [0.2, 0.25) is 0 Å². The molecule has 2 aromatic carbocycles. The number of nitrogens with two attached hydrogens (primary N) is 3. The summed E-state index contributed by atoms with van der Waals surface area (Å²) in [4.78, 5) is 110. The van der Waals surface area contributed by atoms with Gasteiger partial charge >= 0.3 is 11.9 Å². The standard InChI is InChI=1S/C13H24O2.C10H12O2.C9H10O2.C5H11NO.C5H8O2.C4H9NO.C3H7NO.2C3H6O2.C3H6O.C2H4O2/c1-9(2)12-6-5-10(3)7-13(12)15-8-11(4)14;1-9(11)7-12-8-10-5-3-2-4-6-10;1-8(10)11-7-9-5-3-2-4-6-9;1-4(7)5(2,3)6;1-4(6)5(7)2-3-5;1-4(6)2-3-5;1-3(5)2-4;1-3(4)5-2;1-3(5)2-4;1-3(2)4;1-2(3)4/h9-10,12-13H,5-8H2,1-4H3;2-6H,7-8H2,1H3;2-6H,7H2,1H3;6H2,1-3H3;7H,2-3H2,1H3;2-3,5H2,1H3;2,4H2,1H3;1-2H3;4H,2H2,1H3;1-2H3;1H3,(H,3,4). The van der Waals surface area contributed by atoms with Crippen molar-refractivity contribution in [2.45, 2.75) is 187 Å². The Labute approximate surface area is 483 Å². The topological polar surface area (TPSA) is 363 Å². The minimum absolute atomic E-state index is 0.0208. The summed E-state index contributed by atoms with van der Waals surface area (Å²) in [5.41, 5.74) is 15.7. The van der Waals surface area contributed by atoms with Crippen LogP contribution in [0.5, 0.6) is 0 Å². The van der Waals surface area contributed by atoms with Crippen molar-refractivity contribution < 1.29 is 87.0 Å². The number of rotatable bonds is 16. The Hall–Kier alpha value is -6.07. The van der Waals surface area contributed by atoms with Crippen LogP contribution in [0.3, 0.4) is 0 Å². The van der Waals surface area contributed by atoms with Gasteiger partial charge in [0.15, 0.2) is 23.1 Å². The molecule has 3 atom stereocenters. The van der Waals surface area contributed by atoms with Crippen molar-refractivity contribution in [3.63, 3.8) is 0 Å². The molecule has 0 saturated heterocycles. The van der Waals surface area contributed by atoms with Gasteiger partial charge < -0.3 is 56.3 Å². The van der Waals surface area contributed by atoms with E-state index in [4.69, 9.17) is 51.5 Å². The van der Waals surface area contributed by atoms with Gasteiger partial charge in [-0.15, -0.1) is 0 Å². The van der Waals surface area contributed by atoms with Crippen LogP contribution < -0.4 is 17.2 Å². The van der Waals surface area contributed by atoms with Gasteiger partial charge in [0.1, 0.15) is 55.2 Å². The third-order valence-corrected chi connectivity index (χ3v) is 9.74. The molecule has 3 unspecified atom stereocenters. The average molecular weight is 1150 g/mol. The van der Waals surface area contributed by atoms with Gasteiger partial charge in [-0.3, -0.25) is 47.9 Å². The van der Waals surface area contributed by atoms with E-state index in [1.54, 1.807) is 20.8 Å². The van der Waals surface area contributed by atoms with Crippen molar-refractivity contribution in [1.82, 2.24) is 0 Å². The predicted octanol–water partition coefficient (Wildman–Crippen LogP) is 6.90. The second kappa shape index (κ2) is 55.8. The van der Waals surface area contributed by atoms with Crippen LogP contribution in [0.15, 0.2) is 60.7 Å². The molecule has 0 radical (unpaired) electrons. The third-order valence-electron chi connectivity index (χ3n) is 9.74. The van der Waals surface area contributed by atoms with Crippen LogP contribution in [0.1, 0.15) is 167 Å². The Morgan fingerprint density at radius 2 is 1.02 bits per heavy atom. The minimum Gasteiger partial charge on any atom is -0.481 e. The second-order valence-corrected chi connectivity index (χ2v) is 19.8. The minimum atomic E-state index is -0.889. The first kappa shape index (κ1) is 88.8. The highest BCUT2D eigenvalue weighted by Crippen LogP contribution is 2.36. The maximum Gasteiger partial charge on any atom is 0.302 e. The summed E-state index contributed by atoms with van der Waals surface area (Å²) in [6.45, 7) is 29.1. The smallest absolute Gasteiger partial charge is 0.302 e. The number of hydrogen-bond donors (Lipinski definition) is 6. The number of ether oxygens (including phenoxy) is 4. The molecule has 466 valence electrons. The summed E-state index contributed by atoms with van der Waals surface area (Å²) in [6.07, 6.45) is 5.84. The third kappa shape index (κ3) is 80.5. The van der Waals surface area contributed by atoms with Gasteiger partial charge in [-0.1, -0.05) is 87.9 Å². The predicted molar refractivity (Wildman–Crippen MR) is 313 cm³/mol. The number of aliphatic carboxylic acids is 1. The van der Waals surface area contributed by atoms with E-state index in [-0.39, 0.29) is 78.0 Å². The van der Waals surface area contributed by atoms with E-state index in [1.807, 2.05) is 60.7 Å². The number of carboxylic acid groups (broad SMARTS) is 1. The fourth-order valence-electron chi connectivity index (χ4n) is 4.85. The highest BCUT2D eigenvalue weighted by Gasteiger charge is 2.45. The number of aliphatic hydroxyl groups excluding tert-OH is 1. The molecule has 21 nitrogen and oxygen atoms in total. The Bertz CT molecular complexity index is 1970. The molecule has 81 heavy (non-hydrogen) atoms. The summed E-state index contributed by atoms with van der Waals surface area (Å²) in [7, 11) is 1.35. The van der Waals surface area contributed by atoms with E-state index < -0.39 is 17.1 Å². The Balaban J connectivity index is -0.000000153. The quantitative estimate of drug-likeness (QED) is 0.0930. The van der Waals surface area contributed by atoms with Gasteiger partial charge in [0, 0.05) is 27.2 Å². The fraction of sp³-hybridized carbons (Fsp3) is 0.617. The molecule has 21 heteroatoms. The number of hydrogen-bond acceptors (Lipinski definition) is 20. The SMILES string of the molecule is CC(=O)C(C)(C)N.CC(=O)C1(O)CC1.CC(=O)CCN.CC(=O)CN.CC(=O)CO.CC(=O)COC1CC(C)CCC1C(C)C.CC(=O)COCc1ccccc1.CC(=O)O.CC(=O)OCc1ccccc1.CC(C)=O.COC(C)=O. The molecular formula is C60H103N3O18. The number of carboxylic acids is 1. The van der Waals surface area contributed by atoms with Crippen molar-refractivity contribution in [3.8, 4) is 0 Å². The molecule has 2 aliphatic carbocycles. The van der Waals surface area contributed by atoms with E-state index in [9.17, 15) is 47.9 Å².